The average Bonchev–Trinajstić information content (AvgIpc) is 2.93. The third-order valence-electron chi connectivity index (χ3n) is 4.58. The lowest BCUT2D eigenvalue weighted by molar-refractivity contribution is -0.120. The average molecular weight is 417 g/mol. The zero-order chi connectivity index (χ0) is 22.1. The number of fused-ring (bicyclic) bond motifs is 1. The predicted molar refractivity (Wildman–Crippen MR) is 109 cm³/mol. The Morgan fingerprint density at radius 2 is 2.07 bits per heavy atom. The molecular formula is C21H27N3O6. The number of benzene rings is 1. The summed E-state index contributed by atoms with van der Waals surface area (Å²) in [4.78, 5) is 26.4. The van der Waals surface area contributed by atoms with Crippen LogP contribution in [0.3, 0.4) is 0 Å². The van der Waals surface area contributed by atoms with Crippen LogP contribution in [0.4, 0.5) is 10.5 Å². The maximum absolute atomic E-state index is 12.9. The summed E-state index contributed by atoms with van der Waals surface area (Å²) in [5.41, 5.74) is 1.53. The molecule has 0 radical (unpaired) electrons. The number of carbonyl (C=O) groups excluding carboxylic acids is 2. The molecule has 1 aromatic carbocycles. The van der Waals surface area contributed by atoms with E-state index in [9.17, 15) is 9.59 Å². The number of amides is 2. The first-order valence-electron chi connectivity index (χ1n) is 9.63. The number of likely N-dealkylation sites (N-methyl/N-ethyl adjacent to an activating group) is 1. The van der Waals surface area contributed by atoms with E-state index < -0.39 is 17.7 Å². The van der Waals surface area contributed by atoms with Gasteiger partial charge < -0.3 is 29.0 Å². The third kappa shape index (κ3) is 4.84. The summed E-state index contributed by atoms with van der Waals surface area (Å²) in [6.45, 7) is 9.23. The summed E-state index contributed by atoms with van der Waals surface area (Å²) in [6.07, 6.45) is -0.674. The minimum Gasteiger partial charge on any atom is -0.489 e. The molecule has 162 valence electrons. The molecule has 0 saturated carbocycles. The van der Waals surface area contributed by atoms with Gasteiger partial charge in [0.1, 0.15) is 42.1 Å². The van der Waals surface area contributed by atoms with Crippen LogP contribution in [0.25, 0.3) is 0 Å². The normalized spacial score (nSPS) is 16.4. The fourth-order valence-corrected chi connectivity index (χ4v) is 2.98. The minimum atomic E-state index is -0.871. The molecule has 3 rings (SSSR count). The SMILES string of the molecule is Cc1noc(C)c1COc1ccc2c(c1)N(C)C(=O)[C@@H](NC(=O)OC(C)(C)C)CO2. The first kappa shape index (κ1) is 21.5. The van der Waals surface area contributed by atoms with Crippen LogP contribution >= 0.6 is 0 Å². The maximum Gasteiger partial charge on any atom is 0.408 e. The number of anilines is 1. The van der Waals surface area contributed by atoms with E-state index in [0.29, 0.717) is 29.6 Å². The highest BCUT2D eigenvalue weighted by Crippen LogP contribution is 2.34. The molecule has 2 amide bonds. The lowest BCUT2D eigenvalue weighted by Gasteiger charge is -2.23. The van der Waals surface area contributed by atoms with Crippen LogP contribution in [0, 0.1) is 13.8 Å². The van der Waals surface area contributed by atoms with Crippen molar-refractivity contribution in [1.29, 1.82) is 0 Å². The molecule has 1 aromatic heterocycles. The summed E-state index contributed by atoms with van der Waals surface area (Å²) in [5, 5.41) is 6.49. The van der Waals surface area contributed by atoms with Crippen molar-refractivity contribution in [2.75, 3.05) is 18.6 Å². The van der Waals surface area contributed by atoms with Crippen LogP contribution in [0.2, 0.25) is 0 Å². The van der Waals surface area contributed by atoms with Gasteiger partial charge in [0, 0.05) is 13.1 Å². The number of rotatable bonds is 4. The van der Waals surface area contributed by atoms with Gasteiger partial charge >= 0.3 is 6.09 Å². The van der Waals surface area contributed by atoms with Gasteiger partial charge in [0.15, 0.2) is 0 Å². The Morgan fingerprint density at radius 1 is 1.33 bits per heavy atom. The standard InChI is InChI=1S/C21H27N3O6/c1-12-15(13(2)30-23-12)10-27-14-7-8-18-17(9-14)24(6)19(25)16(11-28-18)22-20(26)29-21(3,4)5/h7-9,16H,10-11H2,1-6H3,(H,22,26)/t16-/m0/s1. The monoisotopic (exact) mass is 417 g/mol. The number of aryl methyl sites for hydroxylation is 2. The molecule has 2 heterocycles. The van der Waals surface area contributed by atoms with Crippen molar-refractivity contribution in [2.45, 2.75) is 52.9 Å². The maximum atomic E-state index is 12.9. The van der Waals surface area contributed by atoms with Gasteiger partial charge in [-0.05, 0) is 46.8 Å². The second-order valence-electron chi connectivity index (χ2n) is 8.13. The summed E-state index contributed by atoms with van der Waals surface area (Å²) >= 11 is 0. The van der Waals surface area contributed by atoms with Crippen molar-refractivity contribution in [3.8, 4) is 11.5 Å². The number of ether oxygens (including phenoxy) is 3. The van der Waals surface area contributed by atoms with E-state index in [1.807, 2.05) is 13.8 Å². The number of aromatic nitrogens is 1. The Balaban J connectivity index is 1.72. The lowest BCUT2D eigenvalue weighted by atomic mass is 10.2. The first-order valence-corrected chi connectivity index (χ1v) is 9.63. The number of hydrogen-bond donors (Lipinski definition) is 1. The molecular weight excluding hydrogens is 390 g/mol. The highest BCUT2D eigenvalue weighted by molar-refractivity contribution is 6.00. The summed E-state index contributed by atoms with van der Waals surface area (Å²) < 4.78 is 22.0. The topological polar surface area (TPSA) is 103 Å². The number of nitrogens with zero attached hydrogens (tertiary/aromatic N) is 2. The van der Waals surface area contributed by atoms with E-state index in [1.165, 1.54) is 4.90 Å². The first-order chi connectivity index (χ1) is 14.0. The predicted octanol–water partition coefficient (Wildman–Crippen LogP) is 3.12. The fourth-order valence-electron chi connectivity index (χ4n) is 2.98. The number of nitrogens with one attached hydrogen (secondary N) is 1. The van der Waals surface area contributed by atoms with Crippen LogP contribution in [-0.4, -0.2) is 42.5 Å². The number of hydrogen-bond acceptors (Lipinski definition) is 7. The molecule has 1 N–H and O–H groups in total. The highest BCUT2D eigenvalue weighted by Gasteiger charge is 2.32. The van der Waals surface area contributed by atoms with E-state index in [4.69, 9.17) is 18.7 Å². The van der Waals surface area contributed by atoms with Crippen molar-refractivity contribution in [3.63, 3.8) is 0 Å². The quantitative estimate of drug-likeness (QED) is 0.815. The zero-order valence-electron chi connectivity index (χ0n) is 18.1. The largest absolute Gasteiger partial charge is 0.489 e. The molecule has 0 fully saturated rings. The molecule has 0 aliphatic carbocycles. The van der Waals surface area contributed by atoms with Crippen molar-refractivity contribution in [3.05, 3.63) is 35.2 Å². The lowest BCUT2D eigenvalue weighted by Crippen LogP contribution is -2.50. The van der Waals surface area contributed by atoms with E-state index in [1.54, 1.807) is 46.0 Å². The number of carbonyl (C=O) groups is 2. The van der Waals surface area contributed by atoms with Gasteiger partial charge in [0.2, 0.25) is 0 Å². The molecule has 1 aliphatic heterocycles. The molecule has 9 nitrogen and oxygen atoms in total. The van der Waals surface area contributed by atoms with Gasteiger partial charge in [-0.1, -0.05) is 5.16 Å². The molecule has 9 heteroatoms. The van der Waals surface area contributed by atoms with Crippen LogP contribution in [-0.2, 0) is 16.1 Å². The van der Waals surface area contributed by atoms with Crippen LogP contribution in [0.5, 0.6) is 11.5 Å². The zero-order valence-corrected chi connectivity index (χ0v) is 18.1. The van der Waals surface area contributed by atoms with Gasteiger partial charge in [-0.3, -0.25) is 4.79 Å². The van der Waals surface area contributed by atoms with Gasteiger partial charge in [0.25, 0.3) is 5.91 Å². The van der Waals surface area contributed by atoms with E-state index in [-0.39, 0.29) is 12.5 Å². The van der Waals surface area contributed by atoms with Gasteiger partial charge in [-0.15, -0.1) is 0 Å². The molecule has 1 aliphatic rings. The Labute approximate surface area is 175 Å². The van der Waals surface area contributed by atoms with Crippen LogP contribution in [0.1, 0.15) is 37.8 Å². The van der Waals surface area contributed by atoms with Crippen molar-refractivity contribution in [2.24, 2.45) is 0 Å². The Bertz CT molecular complexity index is 927. The second kappa shape index (κ2) is 8.25. The van der Waals surface area contributed by atoms with Crippen molar-refractivity contribution >= 4 is 17.7 Å². The molecule has 1 atom stereocenters. The van der Waals surface area contributed by atoms with Crippen LogP contribution in [0.15, 0.2) is 22.7 Å². The third-order valence-corrected chi connectivity index (χ3v) is 4.58. The summed E-state index contributed by atoms with van der Waals surface area (Å²) in [5.74, 6) is 1.47. The molecule has 0 bridgehead atoms. The van der Waals surface area contributed by atoms with Gasteiger partial charge in [-0.25, -0.2) is 4.79 Å². The summed E-state index contributed by atoms with van der Waals surface area (Å²) in [7, 11) is 1.62. The Kier molecular flexibility index (Phi) is 5.91. The molecule has 0 spiro atoms. The number of alkyl carbamates (subject to hydrolysis) is 1. The molecule has 30 heavy (non-hydrogen) atoms. The van der Waals surface area contributed by atoms with Crippen LogP contribution < -0.4 is 19.7 Å². The summed E-state index contributed by atoms with van der Waals surface area (Å²) in [6, 6.07) is 4.35. The minimum absolute atomic E-state index is 0.00526. The second-order valence-corrected chi connectivity index (χ2v) is 8.13. The Hall–Kier alpha value is -3.23. The van der Waals surface area contributed by atoms with Crippen molar-refractivity contribution < 1.29 is 28.3 Å². The van der Waals surface area contributed by atoms with E-state index in [2.05, 4.69) is 10.5 Å². The Morgan fingerprint density at radius 3 is 2.70 bits per heavy atom. The fraction of sp³-hybridized carbons (Fsp3) is 0.476. The molecule has 0 saturated heterocycles. The van der Waals surface area contributed by atoms with E-state index in [0.717, 1.165) is 11.3 Å². The smallest absolute Gasteiger partial charge is 0.408 e. The van der Waals surface area contributed by atoms with Gasteiger partial charge in [-0.2, -0.15) is 0 Å². The molecule has 0 unspecified atom stereocenters. The highest BCUT2D eigenvalue weighted by atomic mass is 16.6. The van der Waals surface area contributed by atoms with E-state index >= 15 is 0 Å². The molecule has 2 aromatic rings. The van der Waals surface area contributed by atoms with Crippen molar-refractivity contribution in [1.82, 2.24) is 10.5 Å². The van der Waals surface area contributed by atoms with Gasteiger partial charge in [0.05, 0.1) is 16.9 Å².